The average molecular weight is 129 g/mol. The maximum absolute atomic E-state index is 4.94. The molecule has 2 saturated heterocycles. The summed E-state index contributed by atoms with van der Waals surface area (Å²) < 4.78 is 9.54. The van der Waals surface area contributed by atoms with Crippen LogP contribution >= 0.6 is 0 Å². The number of hydrogen-bond acceptors (Lipinski definition) is 2. The Balaban J connectivity index is 0.0000000922. The molecule has 2 rings (SSSR count). The zero-order valence-corrected chi connectivity index (χ0v) is 5.64. The fourth-order valence-electron chi connectivity index (χ4n) is 0.628. The lowest BCUT2D eigenvalue weighted by Gasteiger charge is -2.07. The molecule has 0 unspecified atom stereocenters. The first-order chi connectivity index (χ1) is 4.50. The van der Waals surface area contributed by atoms with Crippen LogP contribution in [0.15, 0.2) is 0 Å². The zero-order chi connectivity index (χ0) is 6.36. The average Bonchev–Trinajstić information content (AvgIpc) is 2.07. The van der Waals surface area contributed by atoms with E-state index in [-0.39, 0.29) is 0 Å². The van der Waals surface area contributed by atoms with E-state index in [0.717, 1.165) is 26.2 Å². The van der Waals surface area contributed by atoms with Crippen LogP contribution in [-0.4, -0.2) is 19.8 Å². The number of rotatable bonds is 0. The normalized spacial score (nSPS) is 24.0. The van der Waals surface area contributed by atoms with Crippen molar-refractivity contribution < 1.29 is 9.47 Å². The van der Waals surface area contributed by atoms with Gasteiger partial charge in [0.2, 0.25) is 0 Å². The third-order valence-corrected chi connectivity index (χ3v) is 1.30. The summed E-state index contributed by atoms with van der Waals surface area (Å²) in [5.74, 6) is 0. The predicted molar refractivity (Wildman–Crippen MR) is 34.9 cm³/mol. The van der Waals surface area contributed by atoms with Gasteiger partial charge in [-0.2, -0.15) is 0 Å². The van der Waals surface area contributed by atoms with Gasteiger partial charge in [0.15, 0.2) is 0 Å². The minimum atomic E-state index is 0.944. The summed E-state index contributed by atoms with van der Waals surface area (Å²) in [7, 11) is 0. The molecule has 2 aliphatic heterocycles. The van der Waals surface area contributed by atoms with Gasteiger partial charge in [-0.05, 0) is 19.3 Å². The van der Waals surface area contributed by atoms with Crippen molar-refractivity contribution in [3.05, 3.63) is 6.61 Å². The largest absolute Gasteiger partial charge is 0.381 e. The first-order valence-corrected chi connectivity index (χ1v) is 3.51. The summed E-state index contributed by atoms with van der Waals surface area (Å²) in [6, 6.07) is 0. The van der Waals surface area contributed by atoms with Crippen molar-refractivity contribution in [2.45, 2.75) is 19.3 Å². The Bertz CT molecular complexity index is 44.3. The molecule has 1 radical (unpaired) electrons. The fraction of sp³-hybridized carbons (Fsp3) is 0.857. The van der Waals surface area contributed by atoms with Crippen molar-refractivity contribution in [1.29, 1.82) is 0 Å². The Hall–Kier alpha value is -0.0800. The van der Waals surface area contributed by atoms with E-state index in [9.17, 15) is 0 Å². The molecule has 2 fully saturated rings. The molecule has 2 heteroatoms. The van der Waals surface area contributed by atoms with Crippen LogP contribution in [0.4, 0.5) is 0 Å². The number of hydrogen-bond donors (Lipinski definition) is 0. The lowest BCUT2D eigenvalue weighted by atomic mass is 10.4. The maximum atomic E-state index is 4.94. The Morgan fingerprint density at radius 3 is 1.56 bits per heavy atom. The smallest absolute Gasteiger partial charge is 0.0859 e. The molecule has 2 heterocycles. The van der Waals surface area contributed by atoms with Crippen LogP contribution in [0.1, 0.15) is 19.3 Å². The fourth-order valence-corrected chi connectivity index (χ4v) is 0.628. The second-order valence-corrected chi connectivity index (χ2v) is 2.15. The molecule has 0 amide bonds. The molecular formula is C7H13O2. The Morgan fingerprint density at radius 1 is 1.00 bits per heavy atom. The molecule has 2 aliphatic rings. The van der Waals surface area contributed by atoms with E-state index in [1.54, 1.807) is 6.61 Å². The lowest BCUT2D eigenvalue weighted by Crippen LogP contribution is -2.02. The van der Waals surface area contributed by atoms with Crippen molar-refractivity contribution in [3.63, 3.8) is 0 Å². The van der Waals surface area contributed by atoms with Gasteiger partial charge in [-0.25, -0.2) is 0 Å². The van der Waals surface area contributed by atoms with Gasteiger partial charge in [0.1, 0.15) is 0 Å². The van der Waals surface area contributed by atoms with E-state index in [1.807, 2.05) is 0 Å². The van der Waals surface area contributed by atoms with Gasteiger partial charge < -0.3 is 9.47 Å². The summed E-state index contributed by atoms with van der Waals surface area (Å²) in [5, 5.41) is 0. The molecule has 0 saturated carbocycles. The highest BCUT2D eigenvalue weighted by molar-refractivity contribution is 4.58. The standard InChI is InChI=1S/C4H8O.C3H5O/c1-2-4-5-3-1;1-2-4-3-1/h1-4H2;2H,1,3H2. The second kappa shape index (κ2) is 4.77. The summed E-state index contributed by atoms with van der Waals surface area (Å²) in [5.41, 5.74) is 0. The SMILES string of the molecule is C1CCOC1.[CH]1CCO1. The molecular weight excluding hydrogens is 116 g/mol. The van der Waals surface area contributed by atoms with E-state index in [0.29, 0.717) is 0 Å². The van der Waals surface area contributed by atoms with Gasteiger partial charge in [0, 0.05) is 19.8 Å². The van der Waals surface area contributed by atoms with E-state index in [2.05, 4.69) is 4.74 Å². The van der Waals surface area contributed by atoms with E-state index in [4.69, 9.17) is 4.74 Å². The van der Waals surface area contributed by atoms with Gasteiger partial charge in [-0.1, -0.05) is 0 Å². The second-order valence-electron chi connectivity index (χ2n) is 2.15. The van der Waals surface area contributed by atoms with Gasteiger partial charge >= 0.3 is 0 Å². The van der Waals surface area contributed by atoms with Crippen molar-refractivity contribution in [2.24, 2.45) is 0 Å². The Morgan fingerprint density at radius 2 is 1.44 bits per heavy atom. The third kappa shape index (κ3) is 3.49. The Kier molecular flexibility index (Phi) is 3.72. The zero-order valence-electron chi connectivity index (χ0n) is 5.64. The highest BCUT2D eigenvalue weighted by atomic mass is 16.5. The van der Waals surface area contributed by atoms with Gasteiger partial charge in [-0.3, -0.25) is 0 Å². The molecule has 0 spiro atoms. The molecule has 0 aromatic rings. The molecule has 0 bridgehead atoms. The van der Waals surface area contributed by atoms with Crippen LogP contribution in [-0.2, 0) is 9.47 Å². The maximum Gasteiger partial charge on any atom is 0.0859 e. The van der Waals surface area contributed by atoms with Crippen molar-refractivity contribution >= 4 is 0 Å². The minimum Gasteiger partial charge on any atom is -0.381 e. The third-order valence-electron chi connectivity index (χ3n) is 1.30. The molecule has 0 N–H and O–H groups in total. The predicted octanol–water partition coefficient (Wildman–Crippen LogP) is 1.37. The summed E-state index contributed by atoms with van der Waals surface area (Å²) in [6.45, 7) is 4.75. The summed E-state index contributed by atoms with van der Waals surface area (Å²) in [6.07, 6.45) is 3.71. The van der Waals surface area contributed by atoms with Crippen molar-refractivity contribution in [3.8, 4) is 0 Å². The minimum absolute atomic E-state index is 0.944. The van der Waals surface area contributed by atoms with Crippen LogP contribution < -0.4 is 0 Å². The highest BCUT2D eigenvalue weighted by Gasteiger charge is 1.95. The van der Waals surface area contributed by atoms with Crippen LogP contribution in [0.5, 0.6) is 0 Å². The van der Waals surface area contributed by atoms with Crippen molar-refractivity contribution in [1.82, 2.24) is 0 Å². The molecule has 53 valence electrons. The van der Waals surface area contributed by atoms with Crippen LogP contribution in [0.25, 0.3) is 0 Å². The van der Waals surface area contributed by atoms with E-state index >= 15 is 0 Å². The number of ether oxygens (including phenoxy) is 2. The molecule has 9 heavy (non-hydrogen) atoms. The first kappa shape index (κ1) is 7.03. The van der Waals surface area contributed by atoms with Crippen LogP contribution in [0.2, 0.25) is 0 Å². The topological polar surface area (TPSA) is 18.5 Å². The summed E-state index contributed by atoms with van der Waals surface area (Å²) >= 11 is 0. The first-order valence-electron chi connectivity index (χ1n) is 3.51. The summed E-state index contributed by atoms with van der Waals surface area (Å²) in [4.78, 5) is 0. The van der Waals surface area contributed by atoms with Gasteiger partial charge in [-0.15, -0.1) is 0 Å². The van der Waals surface area contributed by atoms with Gasteiger partial charge in [0.25, 0.3) is 0 Å². The molecule has 0 aromatic heterocycles. The van der Waals surface area contributed by atoms with Crippen LogP contribution in [0, 0.1) is 6.61 Å². The molecule has 0 atom stereocenters. The highest BCUT2D eigenvalue weighted by Crippen LogP contribution is 2.00. The lowest BCUT2D eigenvalue weighted by molar-refractivity contribution is 0.105. The quantitative estimate of drug-likeness (QED) is 0.491. The molecule has 0 aromatic carbocycles. The monoisotopic (exact) mass is 129 g/mol. The van der Waals surface area contributed by atoms with Crippen molar-refractivity contribution in [2.75, 3.05) is 19.8 Å². The van der Waals surface area contributed by atoms with E-state index < -0.39 is 0 Å². The Labute approximate surface area is 56.2 Å². The molecule has 2 nitrogen and oxygen atoms in total. The molecule has 0 aliphatic carbocycles. The van der Waals surface area contributed by atoms with Gasteiger partial charge in [0.05, 0.1) is 6.61 Å². The van der Waals surface area contributed by atoms with Crippen LogP contribution in [0.3, 0.4) is 0 Å². The van der Waals surface area contributed by atoms with E-state index in [1.165, 1.54) is 12.8 Å².